The number of hydrogen-bond acceptors (Lipinski definition) is 5. The number of nitrogens with one attached hydrogen (secondary N) is 1. The Hall–Kier alpha value is -1.60. The normalized spacial score (nSPS) is 10.3. The van der Waals surface area contributed by atoms with E-state index in [1.807, 2.05) is 6.07 Å². The molecule has 1 heterocycles. The molecule has 0 bridgehead atoms. The Bertz CT molecular complexity index is 627. The second-order valence-corrected chi connectivity index (χ2v) is 5.71. The van der Waals surface area contributed by atoms with E-state index >= 15 is 0 Å². The van der Waals surface area contributed by atoms with Crippen LogP contribution in [-0.4, -0.2) is 18.0 Å². The maximum atomic E-state index is 12.2. The topological polar surface area (TPSA) is 77.2 Å². The van der Waals surface area contributed by atoms with Crippen LogP contribution in [0.2, 0.25) is 0 Å². The van der Waals surface area contributed by atoms with Crippen LogP contribution in [0.25, 0.3) is 0 Å². The first-order chi connectivity index (χ1) is 9.01. The van der Waals surface area contributed by atoms with Crippen molar-refractivity contribution in [3.63, 3.8) is 0 Å². The number of halogens is 1. The monoisotopic (exact) mass is 341 g/mol. The van der Waals surface area contributed by atoms with Gasteiger partial charge in [0.1, 0.15) is 10.6 Å². The van der Waals surface area contributed by atoms with Crippen LogP contribution in [-0.2, 0) is 0 Å². The number of carbonyl (C=O) groups is 1. The Labute approximate surface area is 122 Å². The molecule has 3 N–H and O–H groups in total. The van der Waals surface area contributed by atoms with Gasteiger partial charge in [-0.25, -0.2) is 4.98 Å². The fraction of sp³-hybridized carbons (Fsp3) is 0.167. The second-order valence-electron chi connectivity index (χ2n) is 3.77. The quantitative estimate of drug-likeness (QED) is 0.899. The molecule has 0 atom stereocenters. The third kappa shape index (κ3) is 3.05. The molecule has 19 heavy (non-hydrogen) atoms. The van der Waals surface area contributed by atoms with Crippen LogP contribution in [0.5, 0.6) is 5.75 Å². The number of benzene rings is 1. The molecular weight excluding hydrogens is 330 g/mol. The van der Waals surface area contributed by atoms with E-state index in [1.165, 1.54) is 0 Å². The molecule has 1 aromatic heterocycles. The number of hydrogen-bond donors (Lipinski definition) is 2. The third-order valence-electron chi connectivity index (χ3n) is 2.43. The van der Waals surface area contributed by atoms with E-state index in [1.54, 1.807) is 26.2 Å². The number of carbonyl (C=O) groups excluding carboxylic acids is 1. The second kappa shape index (κ2) is 5.58. The van der Waals surface area contributed by atoms with Gasteiger partial charge in [-0.2, -0.15) is 0 Å². The average molecular weight is 342 g/mol. The van der Waals surface area contributed by atoms with Crippen LogP contribution >= 0.6 is 27.3 Å². The molecule has 0 aliphatic carbocycles. The smallest absolute Gasteiger partial charge is 0.267 e. The van der Waals surface area contributed by atoms with Gasteiger partial charge in [0, 0.05) is 4.47 Å². The van der Waals surface area contributed by atoms with Crippen LogP contribution in [0.4, 0.5) is 10.8 Å². The van der Waals surface area contributed by atoms with Gasteiger partial charge >= 0.3 is 0 Å². The molecule has 0 spiro atoms. The lowest BCUT2D eigenvalue weighted by molar-refractivity contribution is 0.102. The van der Waals surface area contributed by atoms with E-state index in [4.69, 9.17) is 10.5 Å². The van der Waals surface area contributed by atoms with Gasteiger partial charge in [0.15, 0.2) is 5.13 Å². The highest BCUT2D eigenvalue weighted by Gasteiger charge is 2.16. The highest BCUT2D eigenvalue weighted by molar-refractivity contribution is 9.10. The third-order valence-corrected chi connectivity index (χ3v) is 3.91. The Morgan fingerprint density at radius 3 is 2.84 bits per heavy atom. The number of nitrogens with two attached hydrogens (primary N) is 1. The van der Waals surface area contributed by atoms with Gasteiger partial charge in [-0.1, -0.05) is 27.3 Å². The van der Waals surface area contributed by atoms with Crippen molar-refractivity contribution in [2.45, 2.75) is 6.92 Å². The zero-order chi connectivity index (χ0) is 14.0. The fourth-order valence-electron chi connectivity index (χ4n) is 1.58. The number of thiazole rings is 1. The summed E-state index contributed by atoms with van der Waals surface area (Å²) in [5.74, 6) is 0.342. The summed E-state index contributed by atoms with van der Waals surface area (Å²) in [7, 11) is 1.55. The largest absolute Gasteiger partial charge is 0.495 e. The van der Waals surface area contributed by atoms with Gasteiger partial charge in [0.05, 0.1) is 18.5 Å². The van der Waals surface area contributed by atoms with Gasteiger partial charge in [0.25, 0.3) is 5.91 Å². The highest BCUT2D eigenvalue weighted by atomic mass is 79.9. The molecular formula is C12H12BrN3O2S. The maximum absolute atomic E-state index is 12.2. The Kier molecular flexibility index (Phi) is 4.06. The molecule has 0 saturated carbocycles. The molecule has 2 aromatic rings. The predicted octanol–water partition coefficient (Wildman–Crippen LogP) is 3.06. The fourth-order valence-corrected chi connectivity index (χ4v) is 2.67. The molecule has 0 unspecified atom stereocenters. The molecule has 0 saturated heterocycles. The summed E-state index contributed by atoms with van der Waals surface area (Å²) in [4.78, 5) is 16.7. The summed E-state index contributed by atoms with van der Waals surface area (Å²) in [6.07, 6.45) is 0. The van der Waals surface area contributed by atoms with Gasteiger partial charge in [-0.05, 0) is 25.1 Å². The van der Waals surface area contributed by atoms with E-state index in [-0.39, 0.29) is 5.91 Å². The number of nitrogen functional groups attached to an aromatic ring is 1. The van der Waals surface area contributed by atoms with Crippen molar-refractivity contribution in [3.8, 4) is 5.75 Å². The number of aromatic nitrogens is 1. The number of nitrogens with zero attached hydrogens (tertiary/aromatic N) is 1. The summed E-state index contributed by atoms with van der Waals surface area (Å²) >= 11 is 4.52. The first kappa shape index (κ1) is 13.8. The predicted molar refractivity (Wildman–Crippen MR) is 79.9 cm³/mol. The lowest BCUT2D eigenvalue weighted by Gasteiger charge is -2.10. The van der Waals surface area contributed by atoms with E-state index < -0.39 is 0 Å². The van der Waals surface area contributed by atoms with Gasteiger partial charge in [-0.15, -0.1) is 0 Å². The van der Waals surface area contributed by atoms with Crippen LogP contribution in [0.1, 0.15) is 15.4 Å². The summed E-state index contributed by atoms with van der Waals surface area (Å²) in [5.41, 5.74) is 6.80. The number of rotatable bonds is 3. The summed E-state index contributed by atoms with van der Waals surface area (Å²) in [6.45, 7) is 1.75. The van der Waals surface area contributed by atoms with Gasteiger partial charge < -0.3 is 15.8 Å². The van der Waals surface area contributed by atoms with Crippen LogP contribution < -0.4 is 15.8 Å². The molecule has 100 valence electrons. The van der Waals surface area contributed by atoms with Crippen molar-refractivity contribution in [1.29, 1.82) is 0 Å². The van der Waals surface area contributed by atoms with Crippen molar-refractivity contribution in [2.75, 3.05) is 18.2 Å². The summed E-state index contributed by atoms with van der Waals surface area (Å²) in [5, 5.41) is 3.17. The first-order valence-electron chi connectivity index (χ1n) is 5.39. The van der Waals surface area contributed by atoms with Crippen LogP contribution in [0, 0.1) is 6.92 Å². The van der Waals surface area contributed by atoms with E-state index in [0.29, 0.717) is 27.1 Å². The van der Waals surface area contributed by atoms with Crippen molar-refractivity contribution in [2.24, 2.45) is 0 Å². The number of methoxy groups -OCH3 is 1. The van der Waals surface area contributed by atoms with Crippen LogP contribution in [0.15, 0.2) is 22.7 Å². The Morgan fingerprint density at radius 1 is 1.53 bits per heavy atom. The molecule has 5 nitrogen and oxygen atoms in total. The average Bonchev–Trinajstić information content (AvgIpc) is 2.69. The van der Waals surface area contributed by atoms with Gasteiger partial charge in [0.2, 0.25) is 0 Å². The Balaban J connectivity index is 2.28. The number of amides is 1. The standard InChI is InChI=1S/C12H12BrN3O2S/c1-6-10(19-12(14)15-6)11(17)16-8-5-7(13)3-4-9(8)18-2/h3-5H,1-2H3,(H2,14,15)(H,16,17). The SMILES string of the molecule is COc1ccc(Br)cc1NC(=O)c1sc(N)nc1C. The van der Waals surface area contributed by atoms with Crippen LogP contribution in [0.3, 0.4) is 0 Å². The molecule has 0 fully saturated rings. The minimum atomic E-state index is -0.247. The van der Waals surface area contributed by atoms with E-state index in [2.05, 4.69) is 26.2 Å². The number of ether oxygens (including phenoxy) is 1. The van der Waals surface area contributed by atoms with Crippen molar-refractivity contribution >= 4 is 44.0 Å². The molecule has 1 amide bonds. The molecule has 0 aliphatic heterocycles. The van der Waals surface area contributed by atoms with Gasteiger partial charge in [-0.3, -0.25) is 4.79 Å². The number of anilines is 2. The van der Waals surface area contributed by atoms with E-state index in [0.717, 1.165) is 15.8 Å². The zero-order valence-electron chi connectivity index (χ0n) is 10.4. The van der Waals surface area contributed by atoms with Crippen molar-refractivity contribution < 1.29 is 9.53 Å². The molecule has 1 aromatic carbocycles. The first-order valence-corrected chi connectivity index (χ1v) is 7.00. The lowest BCUT2D eigenvalue weighted by Crippen LogP contribution is -2.12. The van der Waals surface area contributed by atoms with E-state index in [9.17, 15) is 4.79 Å². The minimum Gasteiger partial charge on any atom is -0.495 e. The highest BCUT2D eigenvalue weighted by Crippen LogP contribution is 2.29. The number of aryl methyl sites for hydroxylation is 1. The molecule has 0 radical (unpaired) electrons. The molecule has 2 rings (SSSR count). The summed E-state index contributed by atoms with van der Waals surface area (Å²) < 4.78 is 6.05. The minimum absolute atomic E-state index is 0.247. The van der Waals surface area contributed by atoms with Crippen molar-refractivity contribution in [1.82, 2.24) is 4.98 Å². The lowest BCUT2D eigenvalue weighted by atomic mass is 10.3. The maximum Gasteiger partial charge on any atom is 0.267 e. The molecule has 7 heteroatoms. The zero-order valence-corrected chi connectivity index (χ0v) is 12.8. The molecule has 0 aliphatic rings. The Morgan fingerprint density at radius 2 is 2.26 bits per heavy atom. The summed E-state index contributed by atoms with van der Waals surface area (Å²) in [6, 6.07) is 5.38. The van der Waals surface area contributed by atoms with Crippen molar-refractivity contribution in [3.05, 3.63) is 33.2 Å².